The van der Waals surface area contributed by atoms with E-state index in [9.17, 15) is 8.42 Å². The lowest BCUT2D eigenvalue weighted by atomic mass is 10.3. The first-order valence-electron chi connectivity index (χ1n) is 3.97. The summed E-state index contributed by atoms with van der Waals surface area (Å²) in [6.07, 6.45) is 2.11. The summed E-state index contributed by atoms with van der Waals surface area (Å²) < 4.78 is 26.6. The number of nitrogens with one attached hydrogen (secondary N) is 1. The smallest absolute Gasteiger partial charge is 0.243 e. The topological polar surface area (TPSA) is 64.0 Å². The van der Waals surface area contributed by atoms with Crippen LogP contribution in [-0.2, 0) is 23.5 Å². The van der Waals surface area contributed by atoms with Gasteiger partial charge in [-0.1, -0.05) is 6.92 Å². The van der Waals surface area contributed by atoms with Crippen LogP contribution < -0.4 is 4.72 Å². The highest BCUT2D eigenvalue weighted by Crippen LogP contribution is 2.13. The molecule has 0 aliphatic rings. The van der Waals surface area contributed by atoms with E-state index in [4.69, 9.17) is 0 Å². The summed E-state index contributed by atoms with van der Waals surface area (Å²) in [5.74, 6) is 0. The van der Waals surface area contributed by atoms with Crippen molar-refractivity contribution < 1.29 is 8.42 Å². The van der Waals surface area contributed by atoms with E-state index in [-0.39, 0.29) is 4.90 Å². The summed E-state index contributed by atoms with van der Waals surface area (Å²) in [5.41, 5.74) is 0.594. The van der Waals surface area contributed by atoms with E-state index in [0.29, 0.717) is 12.1 Å². The molecule has 6 heteroatoms. The SMILES string of the molecule is CCc1nn(C)cc1S(=O)(=O)NC. The van der Waals surface area contributed by atoms with Crippen LogP contribution in [0.3, 0.4) is 0 Å². The van der Waals surface area contributed by atoms with Gasteiger partial charge in [-0.3, -0.25) is 4.68 Å². The molecule has 0 unspecified atom stereocenters. The van der Waals surface area contributed by atoms with Crippen LogP contribution in [0.15, 0.2) is 11.1 Å². The van der Waals surface area contributed by atoms with Gasteiger partial charge in [0.25, 0.3) is 0 Å². The molecule has 0 radical (unpaired) electrons. The van der Waals surface area contributed by atoms with Crippen molar-refractivity contribution in [1.29, 1.82) is 0 Å². The van der Waals surface area contributed by atoms with E-state index < -0.39 is 10.0 Å². The molecule has 74 valence electrons. The van der Waals surface area contributed by atoms with Crippen molar-refractivity contribution in [3.8, 4) is 0 Å². The molecule has 1 aromatic rings. The van der Waals surface area contributed by atoms with Crippen molar-refractivity contribution in [2.75, 3.05) is 7.05 Å². The highest BCUT2D eigenvalue weighted by atomic mass is 32.2. The minimum atomic E-state index is -3.35. The van der Waals surface area contributed by atoms with Gasteiger partial charge in [0.2, 0.25) is 10.0 Å². The lowest BCUT2D eigenvalue weighted by Gasteiger charge is -1.99. The summed E-state index contributed by atoms with van der Waals surface area (Å²) in [5, 5.41) is 4.04. The number of aryl methyl sites for hydroxylation is 2. The van der Waals surface area contributed by atoms with E-state index in [1.54, 1.807) is 7.05 Å². The molecular weight excluding hydrogens is 190 g/mol. The fourth-order valence-corrected chi connectivity index (χ4v) is 2.10. The van der Waals surface area contributed by atoms with Crippen molar-refractivity contribution in [3.05, 3.63) is 11.9 Å². The first-order chi connectivity index (χ1) is 6.01. The summed E-state index contributed by atoms with van der Waals surface area (Å²) >= 11 is 0. The fourth-order valence-electron chi connectivity index (χ4n) is 1.09. The van der Waals surface area contributed by atoms with Gasteiger partial charge in [-0.05, 0) is 13.5 Å². The number of nitrogens with zero attached hydrogens (tertiary/aromatic N) is 2. The molecule has 0 saturated heterocycles. The van der Waals surface area contributed by atoms with E-state index in [1.807, 2.05) is 6.92 Å². The van der Waals surface area contributed by atoms with Crippen molar-refractivity contribution in [2.24, 2.45) is 7.05 Å². The van der Waals surface area contributed by atoms with E-state index in [2.05, 4.69) is 9.82 Å². The van der Waals surface area contributed by atoms with Gasteiger partial charge in [-0.2, -0.15) is 5.10 Å². The first-order valence-corrected chi connectivity index (χ1v) is 5.45. The predicted octanol–water partition coefficient (Wildman–Crippen LogP) is -0.109. The Labute approximate surface area is 77.8 Å². The van der Waals surface area contributed by atoms with Gasteiger partial charge in [0.1, 0.15) is 4.90 Å². The highest BCUT2D eigenvalue weighted by Gasteiger charge is 2.18. The fraction of sp³-hybridized carbons (Fsp3) is 0.571. The molecule has 0 amide bonds. The van der Waals surface area contributed by atoms with Gasteiger partial charge < -0.3 is 0 Å². The van der Waals surface area contributed by atoms with Crippen LogP contribution in [-0.4, -0.2) is 25.2 Å². The predicted molar refractivity (Wildman–Crippen MR) is 48.8 cm³/mol. The van der Waals surface area contributed by atoms with E-state index in [0.717, 1.165) is 0 Å². The van der Waals surface area contributed by atoms with Crippen LogP contribution in [0.4, 0.5) is 0 Å². The van der Waals surface area contributed by atoms with Crippen LogP contribution in [0, 0.1) is 0 Å². The van der Waals surface area contributed by atoms with Crippen molar-refractivity contribution in [3.63, 3.8) is 0 Å². The molecule has 1 heterocycles. The zero-order valence-corrected chi connectivity index (χ0v) is 8.72. The Morgan fingerprint density at radius 2 is 2.23 bits per heavy atom. The Balaban J connectivity index is 3.29. The average molecular weight is 203 g/mol. The summed E-state index contributed by atoms with van der Waals surface area (Å²) in [4.78, 5) is 0.264. The van der Waals surface area contributed by atoms with Gasteiger partial charge >= 0.3 is 0 Å². The number of hydrogen-bond donors (Lipinski definition) is 1. The zero-order valence-electron chi connectivity index (χ0n) is 7.90. The monoisotopic (exact) mass is 203 g/mol. The lowest BCUT2D eigenvalue weighted by Crippen LogP contribution is -2.19. The molecule has 0 aliphatic heterocycles. The quantitative estimate of drug-likeness (QED) is 0.745. The standard InChI is InChI=1S/C7H13N3O2S/c1-4-6-7(5-10(3)9-6)13(11,12)8-2/h5,8H,4H2,1-3H3. The molecule has 0 aromatic carbocycles. The Morgan fingerprint density at radius 1 is 1.62 bits per heavy atom. The van der Waals surface area contributed by atoms with Crippen LogP contribution in [0.5, 0.6) is 0 Å². The maximum atomic E-state index is 11.4. The molecule has 0 aliphatic carbocycles. The molecule has 1 aromatic heterocycles. The maximum Gasteiger partial charge on any atom is 0.243 e. The minimum absolute atomic E-state index is 0.264. The third-order valence-electron chi connectivity index (χ3n) is 1.76. The third-order valence-corrected chi connectivity index (χ3v) is 3.22. The Hall–Kier alpha value is -0.880. The minimum Gasteiger partial charge on any atom is -0.274 e. The largest absolute Gasteiger partial charge is 0.274 e. The number of rotatable bonds is 3. The Morgan fingerprint density at radius 3 is 2.69 bits per heavy atom. The maximum absolute atomic E-state index is 11.4. The number of sulfonamides is 1. The second-order valence-corrected chi connectivity index (χ2v) is 4.53. The van der Waals surface area contributed by atoms with Crippen molar-refractivity contribution in [2.45, 2.75) is 18.2 Å². The molecule has 0 atom stereocenters. The average Bonchev–Trinajstić information content (AvgIpc) is 2.47. The molecule has 0 fully saturated rings. The molecule has 1 N–H and O–H groups in total. The van der Waals surface area contributed by atoms with Gasteiger partial charge in [0, 0.05) is 13.2 Å². The van der Waals surface area contributed by atoms with Crippen LogP contribution in [0.25, 0.3) is 0 Å². The molecule has 1 rings (SSSR count). The first kappa shape index (κ1) is 10.2. The van der Waals surface area contributed by atoms with Gasteiger partial charge in [0.15, 0.2) is 0 Å². The van der Waals surface area contributed by atoms with Crippen LogP contribution >= 0.6 is 0 Å². The summed E-state index contributed by atoms with van der Waals surface area (Å²) in [7, 11) is -0.261. The summed E-state index contributed by atoms with van der Waals surface area (Å²) in [6, 6.07) is 0. The Kier molecular flexibility index (Phi) is 2.72. The van der Waals surface area contributed by atoms with Gasteiger partial charge in [0.05, 0.1) is 5.69 Å². The molecule has 0 saturated carbocycles. The molecular formula is C7H13N3O2S. The third kappa shape index (κ3) is 1.89. The van der Waals surface area contributed by atoms with Gasteiger partial charge in [-0.15, -0.1) is 0 Å². The van der Waals surface area contributed by atoms with E-state index in [1.165, 1.54) is 17.9 Å². The van der Waals surface area contributed by atoms with E-state index >= 15 is 0 Å². The summed E-state index contributed by atoms with van der Waals surface area (Å²) in [6.45, 7) is 1.87. The van der Waals surface area contributed by atoms with Crippen molar-refractivity contribution >= 4 is 10.0 Å². The van der Waals surface area contributed by atoms with Gasteiger partial charge in [-0.25, -0.2) is 13.1 Å². The van der Waals surface area contributed by atoms with Crippen molar-refractivity contribution in [1.82, 2.24) is 14.5 Å². The normalized spacial score (nSPS) is 11.9. The molecule has 0 bridgehead atoms. The lowest BCUT2D eigenvalue weighted by molar-refractivity contribution is 0.587. The second-order valence-electron chi connectivity index (χ2n) is 2.67. The Bertz CT molecular complexity index is 394. The zero-order chi connectivity index (χ0) is 10.1. The number of hydrogen-bond acceptors (Lipinski definition) is 3. The molecule has 0 spiro atoms. The number of aromatic nitrogens is 2. The molecule has 5 nitrogen and oxygen atoms in total. The molecule has 13 heavy (non-hydrogen) atoms. The second kappa shape index (κ2) is 3.47. The van der Waals surface area contributed by atoms with Crippen LogP contribution in [0.2, 0.25) is 0 Å². The van der Waals surface area contributed by atoms with Crippen LogP contribution in [0.1, 0.15) is 12.6 Å². The highest BCUT2D eigenvalue weighted by molar-refractivity contribution is 7.89.